The number of hydrogen-bond donors (Lipinski definition) is 0. The highest BCUT2D eigenvalue weighted by Crippen LogP contribution is 2.32. The summed E-state index contributed by atoms with van der Waals surface area (Å²) in [7, 11) is 0. The highest BCUT2D eigenvalue weighted by atomic mass is 79.9. The van der Waals surface area contributed by atoms with E-state index in [1.54, 1.807) is 0 Å². The second-order valence-corrected chi connectivity index (χ2v) is 6.45. The Kier molecular flexibility index (Phi) is 4.02. The predicted molar refractivity (Wildman–Crippen MR) is 90.8 cm³/mol. The van der Waals surface area contributed by atoms with Crippen LogP contribution in [0.15, 0.2) is 65.1 Å². The van der Waals surface area contributed by atoms with Gasteiger partial charge in [0, 0.05) is 9.50 Å². The first-order chi connectivity index (χ1) is 9.63. The fourth-order valence-electron chi connectivity index (χ4n) is 2.22. The highest BCUT2D eigenvalue weighted by Gasteiger charge is 2.11. The van der Waals surface area contributed by atoms with E-state index < -0.39 is 0 Å². The van der Waals surface area contributed by atoms with Gasteiger partial charge in [-0.3, -0.25) is 0 Å². The van der Waals surface area contributed by atoms with Crippen LogP contribution < -0.4 is 0 Å². The van der Waals surface area contributed by atoms with Crippen LogP contribution >= 0.6 is 39.1 Å². The Morgan fingerprint density at radius 2 is 1.35 bits per heavy atom. The molecule has 0 heterocycles. The topological polar surface area (TPSA) is 0 Å². The number of rotatable bonds is 2. The summed E-state index contributed by atoms with van der Waals surface area (Å²) in [4.78, 5) is 0. The lowest BCUT2D eigenvalue weighted by Crippen LogP contribution is -1.93. The van der Waals surface area contributed by atoms with Crippen LogP contribution in [-0.4, -0.2) is 0 Å². The molecular weight excluding hydrogens is 355 g/mol. The standard InChI is InChI=1S/C17H11BrCl2/c18-15-6-3-12-9-14(2-1-13(12)10-15)17(20)11-4-7-16(19)8-5-11/h1-10,17H. The van der Waals surface area contributed by atoms with E-state index >= 15 is 0 Å². The molecule has 0 fully saturated rings. The van der Waals surface area contributed by atoms with Gasteiger partial charge in [-0.05, 0) is 52.2 Å². The Morgan fingerprint density at radius 3 is 2.10 bits per heavy atom. The molecule has 3 rings (SSSR count). The maximum atomic E-state index is 6.56. The van der Waals surface area contributed by atoms with Gasteiger partial charge in [0.25, 0.3) is 0 Å². The van der Waals surface area contributed by atoms with Gasteiger partial charge in [-0.15, -0.1) is 11.6 Å². The van der Waals surface area contributed by atoms with Gasteiger partial charge in [0.05, 0.1) is 5.38 Å². The van der Waals surface area contributed by atoms with E-state index in [0.29, 0.717) is 0 Å². The molecule has 3 aromatic carbocycles. The van der Waals surface area contributed by atoms with Crippen molar-refractivity contribution in [1.29, 1.82) is 0 Å². The molecule has 3 heteroatoms. The van der Waals surface area contributed by atoms with Crippen LogP contribution in [0.3, 0.4) is 0 Å². The summed E-state index contributed by atoms with van der Waals surface area (Å²) in [5.41, 5.74) is 2.14. The van der Waals surface area contributed by atoms with Crippen LogP contribution in [0.2, 0.25) is 5.02 Å². The van der Waals surface area contributed by atoms with Crippen molar-refractivity contribution in [2.24, 2.45) is 0 Å². The molecule has 0 aliphatic carbocycles. The number of halogens is 3. The lowest BCUT2D eigenvalue weighted by molar-refractivity contribution is 1.15. The van der Waals surface area contributed by atoms with Gasteiger partial charge in [-0.1, -0.05) is 57.9 Å². The molecule has 0 saturated heterocycles. The van der Waals surface area contributed by atoms with Gasteiger partial charge < -0.3 is 0 Å². The van der Waals surface area contributed by atoms with Crippen molar-refractivity contribution in [3.05, 3.63) is 81.3 Å². The quantitative estimate of drug-likeness (QED) is 0.449. The summed E-state index contributed by atoms with van der Waals surface area (Å²) in [6.07, 6.45) is 0. The third-order valence-corrected chi connectivity index (χ3v) is 4.53. The molecular formula is C17H11BrCl2. The molecule has 0 amide bonds. The second-order valence-electron chi connectivity index (χ2n) is 4.67. The van der Waals surface area contributed by atoms with E-state index in [1.807, 2.05) is 30.3 Å². The van der Waals surface area contributed by atoms with Gasteiger partial charge in [0.15, 0.2) is 0 Å². The van der Waals surface area contributed by atoms with Crippen LogP contribution in [0.4, 0.5) is 0 Å². The highest BCUT2D eigenvalue weighted by molar-refractivity contribution is 9.10. The third-order valence-electron chi connectivity index (χ3n) is 3.28. The molecule has 3 aromatic rings. The summed E-state index contributed by atoms with van der Waals surface area (Å²) in [5.74, 6) is 0. The molecule has 0 aromatic heterocycles. The zero-order valence-electron chi connectivity index (χ0n) is 10.5. The van der Waals surface area contributed by atoms with Crippen molar-refractivity contribution in [1.82, 2.24) is 0 Å². The molecule has 0 radical (unpaired) electrons. The number of hydrogen-bond acceptors (Lipinski definition) is 0. The summed E-state index contributed by atoms with van der Waals surface area (Å²) in [6, 6.07) is 20.2. The molecule has 0 nitrogen and oxygen atoms in total. The number of alkyl halides is 1. The lowest BCUT2D eigenvalue weighted by Gasteiger charge is -2.11. The number of benzene rings is 3. The minimum atomic E-state index is -0.166. The van der Waals surface area contributed by atoms with Crippen molar-refractivity contribution < 1.29 is 0 Å². The molecule has 0 bridgehead atoms. The first kappa shape index (κ1) is 13.9. The zero-order chi connectivity index (χ0) is 14.1. The Balaban J connectivity index is 2.01. The van der Waals surface area contributed by atoms with Gasteiger partial charge >= 0.3 is 0 Å². The monoisotopic (exact) mass is 364 g/mol. The largest absolute Gasteiger partial charge is 0.113 e. The number of fused-ring (bicyclic) bond motifs is 1. The van der Waals surface area contributed by atoms with Crippen molar-refractivity contribution in [3.8, 4) is 0 Å². The molecule has 1 atom stereocenters. The van der Waals surface area contributed by atoms with E-state index in [2.05, 4.69) is 46.3 Å². The third kappa shape index (κ3) is 2.85. The molecule has 0 N–H and O–H groups in total. The molecule has 0 aliphatic heterocycles. The van der Waals surface area contributed by atoms with Crippen LogP contribution in [0, 0.1) is 0 Å². The summed E-state index contributed by atoms with van der Waals surface area (Å²) in [6.45, 7) is 0. The molecule has 1 unspecified atom stereocenters. The fraction of sp³-hybridized carbons (Fsp3) is 0.0588. The van der Waals surface area contributed by atoms with E-state index in [4.69, 9.17) is 23.2 Å². The molecule has 100 valence electrons. The molecule has 0 saturated carbocycles. The minimum Gasteiger partial charge on any atom is -0.113 e. The maximum Gasteiger partial charge on any atom is 0.0835 e. The van der Waals surface area contributed by atoms with E-state index in [0.717, 1.165) is 20.6 Å². The smallest absolute Gasteiger partial charge is 0.0835 e. The van der Waals surface area contributed by atoms with Crippen LogP contribution in [0.1, 0.15) is 16.5 Å². The van der Waals surface area contributed by atoms with Crippen LogP contribution in [-0.2, 0) is 0 Å². The maximum absolute atomic E-state index is 6.56. The normalized spacial score (nSPS) is 12.6. The van der Waals surface area contributed by atoms with Crippen LogP contribution in [0.25, 0.3) is 10.8 Å². The Bertz CT molecular complexity index is 751. The zero-order valence-corrected chi connectivity index (χ0v) is 13.6. The summed E-state index contributed by atoms with van der Waals surface area (Å²) < 4.78 is 1.08. The molecule has 0 aliphatic rings. The predicted octanol–water partition coefficient (Wildman–Crippen LogP) is 6.58. The summed E-state index contributed by atoms with van der Waals surface area (Å²) >= 11 is 16.0. The SMILES string of the molecule is Clc1ccc(C(Cl)c2ccc3cc(Br)ccc3c2)cc1. The summed E-state index contributed by atoms with van der Waals surface area (Å²) in [5, 5.41) is 2.94. The van der Waals surface area contributed by atoms with Gasteiger partial charge in [0.2, 0.25) is 0 Å². The average molecular weight is 366 g/mol. The van der Waals surface area contributed by atoms with Crippen LogP contribution in [0.5, 0.6) is 0 Å². The van der Waals surface area contributed by atoms with Crippen molar-refractivity contribution >= 4 is 49.9 Å². The van der Waals surface area contributed by atoms with E-state index in [-0.39, 0.29) is 5.38 Å². The van der Waals surface area contributed by atoms with Crippen molar-refractivity contribution in [2.75, 3.05) is 0 Å². The van der Waals surface area contributed by atoms with Gasteiger partial charge in [0.1, 0.15) is 0 Å². The Morgan fingerprint density at radius 1 is 0.750 bits per heavy atom. The lowest BCUT2D eigenvalue weighted by atomic mass is 10.0. The minimum absolute atomic E-state index is 0.166. The second kappa shape index (κ2) is 5.77. The first-order valence-electron chi connectivity index (χ1n) is 6.22. The van der Waals surface area contributed by atoms with Gasteiger partial charge in [-0.25, -0.2) is 0 Å². The Labute approximate surface area is 136 Å². The van der Waals surface area contributed by atoms with Gasteiger partial charge in [-0.2, -0.15) is 0 Å². The van der Waals surface area contributed by atoms with Crippen molar-refractivity contribution in [3.63, 3.8) is 0 Å². The molecule has 20 heavy (non-hydrogen) atoms. The first-order valence-corrected chi connectivity index (χ1v) is 7.83. The van der Waals surface area contributed by atoms with E-state index in [1.165, 1.54) is 10.8 Å². The molecule has 0 spiro atoms. The fourth-order valence-corrected chi connectivity index (χ4v) is 3.00. The van der Waals surface area contributed by atoms with E-state index in [9.17, 15) is 0 Å². The van der Waals surface area contributed by atoms with Crippen molar-refractivity contribution in [2.45, 2.75) is 5.38 Å². The average Bonchev–Trinajstić information content (AvgIpc) is 2.47. The Hall–Kier alpha value is -1.02.